The van der Waals surface area contributed by atoms with Gasteiger partial charge in [0.25, 0.3) is 0 Å². The summed E-state index contributed by atoms with van der Waals surface area (Å²) in [7, 11) is 1.68. The Kier molecular flexibility index (Phi) is 7.97. The lowest BCUT2D eigenvalue weighted by Gasteiger charge is -2.30. The molecule has 3 rings (SSSR count). The molecule has 0 radical (unpaired) electrons. The first-order valence-electron chi connectivity index (χ1n) is 11.1. The van der Waals surface area contributed by atoms with E-state index in [1.54, 1.807) is 18.4 Å². The SMILES string of the molecule is CCC(CCNc1nc(NCCOC)nc(C)c1-c1nc2c(C)nccc2s1)C(C)(C)N. The highest BCUT2D eigenvalue weighted by atomic mass is 32.1. The summed E-state index contributed by atoms with van der Waals surface area (Å²) in [5, 5.41) is 7.69. The minimum atomic E-state index is -0.217. The first kappa shape index (κ1) is 24.3. The van der Waals surface area contributed by atoms with Crippen LogP contribution in [0.3, 0.4) is 0 Å². The van der Waals surface area contributed by atoms with Crippen LogP contribution in [0.5, 0.6) is 0 Å². The van der Waals surface area contributed by atoms with Gasteiger partial charge in [-0.3, -0.25) is 4.98 Å². The van der Waals surface area contributed by atoms with Crippen LogP contribution in [0, 0.1) is 19.8 Å². The molecule has 0 bridgehead atoms. The topological polar surface area (TPSA) is 111 Å². The van der Waals surface area contributed by atoms with Crippen molar-refractivity contribution >= 4 is 33.3 Å². The summed E-state index contributed by atoms with van der Waals surface area (Å²) >= 11 is 1.64. The number of fused-ring (bicyclic) bond motifs is 1. The zero-order valence-electron chi connectivity index (χ0n) is 20.0. The Hall–Kier alpha value is -2.36. The molecule has 0 saturated carbocycles. The fraction of sp³-hybridized carbons (Fsp3) is 0.565. The molecule has 1 unspecified atom stereocenters. The summed E-state index contributed by atoms with van der Waals surface area (Å²) in [4.78, 5) is 18.7. The van der Waals surface area contributed by atoms with Gasteiger partial charge >= 0.3 is 0 Å². The highest BCUT2D eigenvalue weighted by Crippen LogP contribution is 2.36. The summed E-state index contributed by atoms with van der Waals surface area (Å²) in [6.45, 7) is 12.4. The van der Waals surface area contributed by atoms with Crippen molar-refractivity contribution in [3.8, 4) is 10.6 Å². The van der Waals surface area contributed by atoms with Gasteiger partial charge in [-0.1, -0.05) is 13.3 Å². The van der Waals surface area contributed by atoms with Gasteiger partial charge in [0, 0.05) is 31.9 Å². The van der Waals surface area contributed by atoms with E-state index in [1.165, 1.54) is 0 Å². The monoisotopic (exact) mass is 457 g/mol. The van der Waals surface area contributed by atoms with E-state index in [1.807, 2.05) is 26.1 Å². The molecule has 0 aliphatic rings. The van der Waals surface area contributed by atoms with Crippen LogP contribution < -0.4 is 16.4 Å². The zero-order chi connectivity index (χ0) is 23.3. The number of nitrogens with one attached hydrogen (secondary N) is 2. The largest absolute Gasteiger partial charge is 0.383 e. The van der Waals surface area contributed by atoms with Gasteiger partial charge in [0.2, 0.25) is 5.95 Å². The van der Waals surface area contributed by atoms with Crippen molar-refractivity contribution in [2.24, 2.45) is 11.7 Å². The minimum absolute atomic E-state index is 0.217. The molecule has 3 heterocycles. The third-order valence-electron chi connectivity index (χ3n) is 5.71. The number of hydrogen-bond acceptors (Lipinski definition) is 9. The summed E-state index contributed by atoms with van der Waals surface area (Å²) < 4.78 is 6.25. The molecule has 0 fully saturated rings. The van der Waals surface area contributed by atoms with Crippen LogP contribution in [0.2, 0.25) is 0 Å². The second-order valence-corrected chi connectivity index (χ2v) is 9.71. The van der Waals surface area contributed by atoms with E-state index >= 15 is 0 Å². The minimum Gasteiger partial charge on any atom is -0.383 e. The van der Waals surface area contributed by atoms with E-state index < -0.39 is 0 Å². The predicted octanol–water partition coefficient (Wildman–Crippen LogP) is 4.39. The number of thiazole rings is 1. The van der Waals surface area contributed by atoms with Crippen molar-refractivity contribution in [3.05, 3.63) is 23.7 Å². The van der Waals surface area contributed by atoms with Crippen molar-refractivity contribution in [3.63, 3.8) is 0 Å². The number of ether oxygens (including phenoxy) is 1. The van der Waals surface area contributed by atoms with E-state index in [0.717, 1.165) is 57.4 Å². The summed E-state index contributed by atoms with van der Waals surface area (Å²) in [6, 6.07) is 2.00. The van der Waals surface area contributed by atoms with E-state index in [-0.39, 0.29) is 5.54 Å². The highest BCUT2D eigenvalue weighted by Gasteiger charge is 2.24. The Morgan fingerprint density at radius 2 is 1.91 bits per heavy atom. The molecule has 0 amide bonds. The Morgan fingerprint density at radius 3 is 2.56 bits per heavy atom. The van der Waals surface area contributed by atoms with Gasteiger partial charge in [0.05, 0.1) is 28.3 Å². The molecule has 3 aromatic heterocycles. The predicted molar refractivity (Wildman–Crippen MR) is 133 cm³/mol. The lowest BCUT2D eigenvalue weighted by Crippen LogP contribution is -2.41. The number of anilines is 2. The maximum Gasteiger partial charge on any atom is 0.224 e. The molecule has 0 aliphatic heterocycles. The van der Waals surface area contributed by atoms with Gasteiger partial charge in [-0.15, -0.1) is 11.3 Å². The molecule has 0 aromatic carbocycles. The second kappa shape index (κ2) is 10.5. The van der Waals surface area contributed by atoms with Crippen LogP contribution in [0.1, 0.15) is 45.0 Å². The first-order chi connectivity index (χ1) is 15.2. The number of aryl methyl sites for hydroxylation is 2. The number of nitrogens with two attached hydrogens (primary N) is 1. The van der Waals surface area contributed by atoms with Crippen LogP contribution >= 0.6 is 11.3 Å². The first-order valence-corrected chi connectivity index (χ1v) is 11.9. The Labute approximate surface area is 194 Å². The number of rotatable bonds is 11. The smallest absolute Gasteiger partial charge is 0.224 e. The normalized spacial score (nSPS) is 12.8. The maximum absolute atomic E-state index is 6.37. The summed E-state index contributed by atoms with van der Waals surface area (Å²) in [5.41, 5.74) is 9.81. The Bertz CT molecular complexity index is 1040. The van der Waals surface area contributed by atoms with Crippen molar-refractivity contribution in [1.29, 1.82) is 0 Å². The molecule has 9 heteroatoms. The lowest BCUT2D eigenvalue weighted by atomic mass is 9.84. The van der Waals surface area contributed by atoms with E-state index in [4.69, 9.17) is 20.4 Å². The average Bonchev–Trinajstić information content (AvgIpc) is 3.15. The molecule has 3 aromatic rings. The fourth-order valence-corrected chi connectivity index (χ4v) is 4.97. The number of aromatic nitrogens is 4. The van der Waals surface area contributed by atoms with Crippen LogP contribution in [0.25, 0.3) is 20.8 Å². The molecule has 4 N–H and O–H groups in total. The van der Waals surface area contributed by atoms with Crippen molar-refractivity contribution < 1.29 is 4.74 Å². The van der Waals surface area contributed by atoms with Crippen molar-refractivity contribution in [2.45, 2.75) is 53.0 Å². The van der Waals surface area contributed by atoms with Gasteiger partial charge in [0.1, 0.15) is 16.3 Å². The van der Waals surface area contributed by atoms with Gasteiger partial charge in [0.15, 0.2) is 0 Å². The van der Waals surface area contributed by atoms with Crippen molar-refractivity contribution in [2.75, 3.05) is 37.4 Å². The third-order valence-corrected chi connectivity index (χ3v) is 6.75. The number of nitrogens with zero attached hydrogens (tertiary/aromatic N) is 4. The summed E-state index contributed by atoms with van der Waals surface area (Å²) in [6.07, 6.45) is 3.82. The van der Waals surface area contributed by atoms with Crippen LogP contribution in [0.4, 0.5) is 11.8 Å². The zero-order valence-corrected chi connectivity index (χ0v) is 20.8. The van der Waals surface area contributed by atoms with Crippen LogP contribution in [-0.4, -0.2) is 52.3 Å². The molecular formula is C23H35N7OS. The average molecular weight is 458 g/mol. The molecular weight excluding hydrogens is 422 g/mol. The molecule has 174 valence electrons. The maximum atomic E-state index is 6.37. The standard InChI is InChI=1S/C23H35N7OS/c1-7-16(23(4,5)24)8-10-26-20-18(14(2)28-22(30-20)27-12-13-31-6)21-29-19-15(3)25-11-9-17(19)32-21/h9,11,16H,7-8,10,12-13,24H2,1-6H3,(H2,26,27,28,30). The summed E-state index contributed by atoms with van der Waals surface area (Å²) in [5.74, 6) is 1.78. The van der Waals surface area contributed by atoms with E-state index in [9.17, 15) is 0 Å². The van der Waals surface area contributed by atoms with Crippen LogP contribution in [-0.2, 0) is 4.74 Å². The van der Waals surface area contributed by atoms with Gasteiger partial charge in [-0.25, -0.2) is 9.97 Å². The molecule has 32 heavy (non-hydrogen) atoms. The fourth-order valence-electron chi connectivity index (χ4n) is 3.86. The lowest BCUT2D eigenvalue weighted by molar-refractivity contribution is 0.210. The quantitative estimate of drug-likeness (QED) is 0.364. The van der Waals surface area contributed by atoms with Crippen LogP contribution in [0.15, 0.2) is 12.3 Å². The van der Waals surface area contributed by atoms with Gasteiger partial charge in [-0.2, -0.15) is 4.98 Å². The highest BCUT2D eigenvalue weighted by molar-refractivity contribution is 7.21. The van der Waals surface area contributed by atoms with E-state index in [0.29, 0.717) is 25.0 Å². The Morgan fingerprint density at radius 1 is 1.12 bits per heavy atom. The molecule has 0 spiro atoms. The van der Waals surface area contributed by atoms with Gasteiger partial charge in [-0.05, 0) is 46.1 Å². The number of pyridine rings is 1. The number of methoxy groups -OCH3 is 1. The molecule has 0 saturated heterocycles. The Balaban J connectivity index is 1.94. The van der Waals surface area contributed by atoms with Gasteiger partial charge < -0.3 is 21.1 Å². The third kappa shape index (κ3) is 5.70. The molecule has 8 nitrogen and oxygen atoms in total. The number of hydrogen-bond donors (Lipinski definition) is 3. The molecule has 1 atom stereocenters. The van der Waals surface area contributed by atoms with E-state index in [2.05, 4.69) is 41.4 Å². The molecule has 0 aliphatic carbocycles. The second-order valence-electron chi connectivity index (χ2n) is 8.68. The van der Waals surface area contributed by atoms with Crippen molar-refractivity contribution in [1.82, 2.24) is 19.9 Å².